The maximum Gasteiger partial charge on any atom is 0.262 e. The van der Waals surface area contributed by atoms with Gasteiger partial charge < -0.3 is 10.1 Å². The largest absolute Gasteiger partial charge is 0.495 e. The molecule has 0 spiro atoms. The molecule has 0 saturated heterocycles. The van der Waals surface area contributed by atoms with Gasteiger partial charge in [0.05, 0.1) is 17.7 Å². The number of amides is 1. The van der Waals surface area contributed by atoms with Crippen LogP contribution in [0.2, 0.25) is 5.02 Å². The van der Waals surface area contributed by atoms with Crippen molar-refractivity contribution in [2.45, 2.75) is 4.90 Å². The highest BCUT2D eigenvalue weighted by Gasteiger charge is 2.26. The van der Waals surface area contributed by atoms with Gasteiger partial charge in [0.2, 0.25) is 0 Å². The van der Waals surface area contributed by atoms with E-state index >= 15 is 0 Å². The van der Waals surface area contributed by atoms with Gasteiger partial charge in [-0.1, -0.05) is 23.7 Å². The standard InChI is InChI=1S/C18H13ClN2O4S/c1-25-15-7-5-10(19)9-14(15)21-26(23,24)16-8-6-13-17-11(16)3-2-4-12(17)18(22)20-13/h2-9,21H,1H3,(H,20,22). The van der Waals surface area contributed by atoms with Gasteiger partial charge in [-0.25, -0.2) is 8.42 Å². The molecule has 0 saturated carbocycles. The molecule has 0 aliphatic carbocycles. The Kier molecular flexibility index (Phi) is 3.78. The van der Waals surface area contributed by atoms with Crippen LogP contribution in [0.5, 0.6) is 5.75 Å². The lowest BCUT2D eigenvalue weighted by Crippen LogP contribution is -2.14. The molecule has 0 atom stereocenters. The summed E-state index contributed by atoms with van der Waals surface area (Å²) in [5.74, 6) is 0.102. The van der Waals surface area contributed by atoms with E-state index < -0.39 is 10.0 Å². The van der Waals surface area contributed by atoms with Crippen LogP contribution in [-0.4, -0.2) is 21.4 Å². The van der Waals surface area contributed by atoms with Crippen LogP contribution in [0.4, 0.5) is 11.4 Å². The van der Waals surface area contributed by atoms with Gasteiger partial charge in [0.25, 0.3) is 15.9 Å². The zero-order valence-electron chi connectivity index (χ0n) is 13.5. The predicted molar refractivity (Wildman–Crippen MR) is 101 cm³/mol. The lowest BCUT2D eigenvalue weighted by atomic mass is 10.1. The molecule has 1 aliphatic heterocycles. The summed E-state index contributed by atoms with van der Waals surface area (Å²) in [5.41, 5.74) is 1.28. The van der Waals surface area contributed by atoms with E-state index in [4.69, 9.17) is 16.3 Å². The van der Waals surface area contributed by atoms with E-state index in [0.717, 1.165) is 0 Å². The minimum Gasteiger partial charge on any atom is -0.495 e. The number of hydrogen-bond donors (Lipinski definition) is 2. The molecule has 4 rings (SSSR count). The van der Waals surface area contributed by atoms with Crippen LogP contribution < -0.4 is 14.8 Å². The minimum atomic E-state index is -3.94. The first kappa shape index (κ1) is 16.7. The molecule has 2 N–H and O–H groups in total. The zero-order valence-corrected chi connectivity index (χ0v) is 15.1. The summed E-state index contributed by atoms with van der Waals surface area (Å²) < 4.78 is 33.7. The summed E-state index contributed by atoms with van der Waals surface area (Å²) in [5, 5.41) is 4.17. The van der Waals surface area contributed by atoms with E-state index in [-0.39, 0.29) is 16.5 Å². The molecule has 0 radical (unpaired) electrons. The molecule has 6 nitrogen and oxygen atoms in total. The highest BCUT2D eigenvalue weighted by atomic mass is 35.5. The maximum atomic E-state index is 13.0. The monoisotopic (exact) mass is 388 g/mol. The number of carbonyl (C=O) groups excluding carboxylic acids is 1. The Balaban J connectivity index is 1.87. The highest BCUT2D eigenvalue weighted by Crippen LogP contribution is 2.37. The molecule has 3 aromatic rings. The van der Waals surface area contributed by atoms with Crippen molar-refractivity contribution in [3.63, 3.8) is 0 Å². The van der Waals surface area contributed by atoms with Gasteiger partial charge in [-0.05, 0) is 36.4 Å². The predicted octanol–water partition coefficient (Wildman–Crippen LogP) is 3.87. The Morgan fingerprint density at radius 3 is 2.69 bits per heavy atom. The van der Waals surface area contributed by atoms with Gasteiger partial charge >= 0.3 is 0 Å². The van der Waals surface area contributed by atoms with E-state index in [9.17, 15) is 13.2 Å². The van der Waals surface area contributed by atoms with Crippen molar-refractivity contribution >= 4 is 49.7 Å². The molecule has 0 bridgehead atoms. The lowest BCUT2D eigenvalue weighted by molar-refractivity contribution is 0.103. The zero-order chi connectivity index (χ0) is 18.5. The van der Waals surface area contributed by atoms with Crippen molar-refractivity contribution in [2.24, 2.45) is 0 Å². The molecule has 0 unspecified atom stereocenters. The van der Waals surface area contributed by atoms with Crippen molar-refractivity contribution in [3.05, 3.63) is 59.1 Å². The molecule has 8 heteroatoms. The third-order valence-corrected chi connectivity index (χ3v) is 5.85. The van der Waals surface area contributed by atoms with Crippen molar-refractivity contribution in [1.29, 1.82) is 0 Å². The fourth-order valence-corrected chi connectivity index (χ4v) is 4.49. The third-order valence-electron chi connectivity index (χ3n) is 4.19. The minimum absolute atomic E-state index is 0.0663. The van der Waals surface area contributed by atoms with Gasteiger partial charge in [-0.15, -0.1) is 0 Å². The Hall–Kier alpha value is -2.77. The van der Waals surface area contributed by atoms with Gasteiger partial charge in [-0.3, -0.25) is 9.52 Å². The average Bonchev–Trinajstić information content (AvgIpc) is 2.93. The summed E-state index contributed by atoms with van der Waals surface area (Å²) in [4.78, 5) is 12.1. The quantitative estimate of drug-likeness (QED) is 0.710. The molecule has 1 amide bonds. The Bertz CT molecular complexity index is 1180. The van der Waals surface area contributed by atoms with Crippen LogP contribution >= 0.6 is 11.6 Å². The number of hydrogen-bond acceptors (Lipinski definition) is 4. The number of ether oxygens (including phenoxy) is 1. The van der Waals surface area contributed by atoms with E-state index in [1.54, 1.807) is 36.4 Å². The van der Waals surface area contributed by atoms with Gasteiger partial charge in [0.15, 0.2) is 0 Å². The van der Waals surface area contributed by atoms with Crippen LogP contribution in [0, 0.1) is 0 Å². The summed E-state index contributed by atoms with van der Waals surface area (Å²) >= 11 is 5.97. The van der Waals surface area contributed by atoms with Crippen molar-refractivity contribution < 1.29 is 17.9 Å². The molecule has 1 heterocycles. The first-order valence-electron chi connectivity index (χ1n) is 7.64. The van der Waals surface area contributed by atoms with Gasteiger partial charge in [-0.2, -0.15) is 0 Å². The second kappa shape index (κ2) is 5.89. The SMILES string of the molecule is COc1ccc(Cl)cc1NS(=O)(=O)c1ccc2c3c(cccc13)C(=O)N2. The first-order valence-corrected chi connectivity index (χ1v) is 9.50. The number of halogens is 1. The maximum absolute atomic E-state index is 13.0. The molecule has 3 aromatic carbocycles. The van der Waals surface area contributed by atoms with Crippen LogP contribution in [0.1, 0.15) is 10.4 Å². The third kappa shape index (κ3) is 2.56. The van der Waals surface area contributed by atoms with Gasteiger partial charge in [0.1, 0.15) is 5.75 Å². The number of anilines is 2. The molecule has 26 heavy (non-hydrogen) atoms. The summed E-state index contributed by atoms with van der Waals surface area (Å²) in [7, 11) is -2.50. The Morgan fingerprint density at radius 2 is 1.92 bits per heavy atom. The molecule has 1 aliphatic rings. The number of nitrogens with one attached hydrogen (secondary N) is 2. The fourth-order valence-electron chi connectivity index (χ4n) is 3.06. The van der Waals surface area contributed by atoms with E-state index in [2.05, 4.69) is 10.0 Å². The lowest BCUT2D eigenvalue weighted by Gasteiger charge is -2.14. The van der Waals surface area contributed by atoms with E-state index in [1.165, 1.54) is 19.2 Å². The summed E-state index contributed by atoms with van der Waals surface area (Å²) in [6.45, 7) is 0. The van der Waals surface area contributed by atoms with Crippen molar-refractivity contribution in [1.82, 2.24) is 0 Å². The van der Waals surface area contributed by atoms with Crippen LogP contribution in [0.3, 0.4) is 0 Å². The number of benzene rings is 3. The van der Waals surface area contributed by atoms with Crippen LogP contribution in [0.25, 0.3) is 10.8 Å². The Morgan fingerprint density at radius 1 is 1.12 bits per heavy atom. The molecule has 0 aromatic heterocycles. The van der Waals surface area contributed by atoms with Crippen LogP contribution in [-0.2, 0) is 10.0 Å². The summed E-state index contributed by atoms with van der Waals surface area (Å²) in [6, 6.07) is 12.7. The van der Waals surface area contributed by atoms with Gasteiger partial charge in [0, 0.05) is 27.0 Å². The molecular formula is C18H13ClN2O4S. The molecular weight excluding hydrogens is 376 g/mol. The molecule has 0 fully saturated rings. The van der Waals surface area contributed by atoms with E-state index in [0.29, 0.717) is 32.8 Å². The normalized spacial score (nSPS) is 12.9. The number of rotatable bonds is 4. The van der Waals surface area contributed by atoms with Crippen LogP contribution in [0.15, 0.2) is 53.4 Å². The topological polar surface area (TPSA) is 84.5 Å². The number of sulfonamides is 1. The first-order chi connectivity index (χ1) is 12.4. The van der Waals surface area contributed by atoms with Crippen molar-refractivity contribution in [3.8, 4) is 5.75 Å². The average molecular weight is 389 g/mol. The van der Waals surface area contributed by atoms with Crippen molar-refractivity contribution in [2.75, 3.05) is 17.1 Å². The summed E-state index contributed by atoms with van der Waals surface area (Å²) in [6.07, 6.45) is 0. The van der Waals surface area contributed by atoms with E-state index in [1.807, 2.05) is 0 Å². The molecule has 132 valence electrons. The second-order valence-corrected chi connectivity index (χ2v) is 7.83. The fraction of sp³-hybridized carbons (Fsp3) is 0.0556. The second-order valence-electron chi connectivity index (χ2n) is 5.74. The number of methoxy groups -OCH3 is 1. The number of carbonyl (C=O) groups is 1. The highest BCUT2D eigenvalue weighted by molar-refractivity contribution is 7.93. The smallest absolute Gasteiger partial charge is 0.262 e. The Labute approximate surface area is 154 Å².